The third kappa shape index (κ3) is 3.22. The summed E-state index contributed by atoms with van der Waals surface area (Å²) in [4.78, 5) is 3.98. The summed E-state index contributed by atoms with van der Waals surface area (Å²) in [5, 5.41) is 13.9. The molecule has 1 aromatic rings. The van der Waals surface area contributed by atoms with Gasteiger partial charge >= 0.3 is 0 Å². The largest absolute Gasteiger partial charge is 0.394 e. The molecule has 2 rings (SSSR count). The Morgan fingerprint density at radius 1 is 1.61 bits per heavy atom. The van der Waals surface area contributed by atoms with Crippen molar-refractivity contribution in [2.45, 2.75) is 44.7 Å². The molecule has 1 aliphatic carbocycles. The standard InChI is InChI=1S/C14H21ClN2O/c1-11-3-2-5-14(7-11,10-18)17-8-12-4-6-16-9-13(12)15/h4,6,9,11,17-18H,2-3,5,7-8,10H2,1H3. The smallest absolute Gasteiger partial charge is 0.0634 e. The monoisotopic (exact) mass is 268 g/mol. The van der Waals surface area contributed by atoms with Gasteiger partial charge in [-0.1, -0.05) is 31.4 Å². The zero-order valence-corrected chi connectivity index (χ0v) is 11.6. The summed E-state index contributed by atoms with van der Waals surface area (Å²) in [7, 11) is 0. The number of hydrogen-bond donors (Lipinski definition) is 2. The molecule has 18 heavy (non-hydrogen) atoms. The average Bonchev–Trinajstić information content (AvgIpc) is 2.38. The minimum Gasteiger partial charge on any atom is -0.394 e. The van der Waals surface area contributed by atoms with E-state index in [1.54, 1.807) is 12.4 Å². The Kier molecular flexibility index (Phi) is 4.60. The number of pyridine rings is 1. The van der Waals surface area contributed by atoms with Gasteiger partial charge in [0.25, 0.3) is 0 Å². The molecule has 2 atom stereocenters. The van der Waals surface area contributed by atoms with Gasteiger partial charge in [-0.25, -0.2) is 0 Å². The van der Waals surface area contributed by atoms with Gasteiger partial charge in [-0.3, -0.25) is 4.98 Å². The number of nitrogens with one attached hydrogen (secondary N) is 1. The summed E-state index contributed by atoms with van der Waals surface area (Å²) in [5.41, 5.74) is 0.905. The molecule has 1 aromatic heterocycles. The van der Waals surface area contributed by atoms with Crippen molar-refractivity contribution in [2.75, 3.05) is 6.61 Å². The molecule has 4 heteroatoms. The van der Waals surface area contributed by atoms with Crippen molar-refractivity contribution in [1.29, 1.82) is 0 Å². The van der Waals surface area contributed by atoms with E-state index in [4.69, 9.17) is 11.6 Å². The molecule has 0 aliphatic heterocycles. The summed E-state index contributed by atoms with van der Waals surface area (Å²) in [6.45, 7) is 3.14. The molecule has 1 saturated carbocycles. The number of nitrogens with zero attached hydrogens (tertiary/aromatic N) is 1. The van der Waals surface area contributed by atoms with E-state index in [1.165, 1.54) is 12.8 Å². The lowest BCUT2D eigenvalue weighted by Crippen LogP contribution is -2.51. The Balaban J connectivity index is 2.01. The van der Waals surface area contributed by atoms with E-state index in [1.807, 2.05) is 6.07 Å². The van der Waals surface area contributed by atoms with Gasteiger partial charge in [0.2, 0.25) is 0 Å². The van der Waals surface area contributed by atoms with Crippen LogP contribution in [-0.4, -0.2) is 22.2 Å². The van der Waals surface area contributed by atoms with Gasteiger partial charge in [-0.2, -0.15) is 0 Å². The second-order valence-corrected chi connectivity index (χ2v) is 5.87. The fraction of sp³-hybridized carbons (Fsp3) is 0.643. The zero-order valence-electron chi connectivity index (χ0n) is 10.8. The molecule has 1 fully saturated rings. The Morgan fingerprint density at radius 2 is 2.44 bits per heavy atom. The van der Waals surface area contributed by atoms with Crippen LogP contribution in [0.2, 0.25) is 5.02 Å². The Hall–Kier alpha value is -0.640. The Bertz CT molecular complexity index is 399. The van der Waals surface area contributed by atoms with E-state index < -0.39 is 0 Å². The van der Waals surface area contributed by atoms with Crippen LogP contribution in [0.1, 0.15) is 38.2 Å². The van der Waals surface area contributed by atoms with E-state index in [0.29, 0.717) is 17.5 Å². The van der Waals surface area contributed by atoms with Gasteiger partial charge in [0, 0.05) is 24.5 Å². The van der Waals surface area contributed by atoms with Gasteiger partial charge in [0.05, 0.1) is 11.6 Å². The number of hydrogen-bond acceptors (Lipinski definition) is 3. The maximum Gasteiger partial charge on any atom is 0.0634 e. The first-order chi connectivity index (χ1) is 8.65. The molecule has 1 aliphatic rings. The highest BCUT2D eigenvalue weighted by Gasteiger charge is 2.33. The van der Waals surface area contributed by atoms with E-state index in [0.717, 1.165) is 18.4 Å². The minimum atomic E-state index is -0.135. The number of aliphatic hydroxyl groups is 1. The minimum absolute atomic E-state index is 0.135. The maximum absolute atomic E-state index is 9.70. The van der Waals surface area contributed by atoms with E-state index in [9.17, 15) is 5.11 Å². The summed E-state index contributed by atoms with van der Waals surface area (Å²) < 4.78 is 0. The predicted molar refractivity (Wildman–Crippen MR) is 73.5 cm³/mol. The van der Waals surface area contributed by atoms with Gasteiger partial charge in [0.15, 0.2) is 0 Å². The lowest BCUT2D eigenvalue weighted by Gasteiger charge is -2.39. The summed E-state index contributed by atoms with van der Waals surface area (Å²) in [6.07, 6.45) is 7.92. The molecule has 0 amide bonds. The number of aromatic nitrogens is 1. The molecule has 0 bridgehead atoms. The van der Waals surface area contributed by atoms with E-state index in [2.05, 4.69) is 17.2 Å². The molecule has 2 N–H and O–H groups in total. The molecule has 0 radical (unpaired) electrons. The van der Waals surface area contributed by atoms with Crippen LogP contribution in [0, 0.1) is 5.92 Å². The maximum atomic E-state index is 9.70. The molecule has 2 unspecified atom stereocenters. The normalized spacial score (nSPS) is 28.3. The summed E-state index contributed by atoms with van der Waals surface area (Å²) >= 11 is 6.09. The van der Waals surface area contributed by atoms with Gasteiger partial charge in [-0.05, 0) is 30.4 Å². The number of halogens is 1. The van der Waals surface area contributed by atoms with Gasteiger partial charge < -0.3 is 10.4 Å². The van der Waals surface area contributed by atoms with Crippen molar-refractivity contribution in [3.8, 4) is 0 Å². The number of rotatable bonds is 4. The molecule has 3 nitrogen and oxygen atoms in total. The van der Waals surface area contributed by atoms with Crippen LogP contribution in [-0.2, 0) is 6.54 Å². The van der Waals surface area contributed by atoms with Crippen molar-refractivity contribution in [3.05, 3.63) is 29.0 Å². The highest BCUT2D eigenvalue weighted by atomic mass is 35.5. The lowest BCUT2D eigenvalue weighted by atomic mass is 9.77. The van der Waals surface area contributed by atoms with Crippen molar-refractivity contribution >= 4 is 11.6 Å². The van der Waals surface area contributed by atoms with Gasteiger partial charge in [0.1, 0.15) is 0 Å². The first-order valence-electron chi connectivity index (χ1n) is 6.59. The molecule has 1 heterocycles. The molecular weight excluding hydrogens is 248 g/mol. The summed E-state index contributed by atoms with van der Waals surface area (Å²) in [6, 6.07) is 1.92. The molecule has 100 valence electrons. The highest BCUT2D eigenvalue weighted by molar-refractivity contribution is 6.31. The number of aliphatic hydroxyl groups excluding tert-OH is 1. The highest BCUT2D eigenvalue weighted by Crippen LogP contribution is 2.32. The van der Waals surface area contributed by atoms with Crippen LogP contribution in [0.5, 0.6) is 0 Å². The van der Waals surface area contributed by atoms with E-state index in [-0.39, 0.29) is 12.1 Å². The van der Waals surface area contributed by atoms with Crippen LogP contribution in [0.25, 0.3) is 0 Å². The third-order valence-electron chi connectivity index (χ3n) is 3.90. The molecular formula is C14H21ClN2O. The Morgan fingerprint density at radius 3 is 3.11 bits per heavy atom. The quantitative estimate of drug-likeness (QED) is 0.883. The SMILES string of the molecule is CC1CCCC(CO)(NCc2ccncc2Cl)C1. The molecule has 0 saturated heterocycles. The fourth-order valence-corrected chi connectivity index (χ4v) is 3.04. The van der Waals surface area contributed by atoms with Crippen LogP contribution in [0.3, 0.4) is 0 Å². The van der Waals surface area contributed by atoms with Crippen LogP contribution < -0.4 is 5.32 Å². The first kappa shape index (κ1) is 13.8. The lowest BCUT2D eigenvalue weighted by molar-refractivity contribution is 0.0982. The second kappa shape index (κ2) is 6.00. The van der Waals surface area contributed by atoms with Crippen LogP contribution in [0.4, 0.5) is 0 Å². The Labute approximate surface area is 114 Å². The van der Waals surface area contributed by atoms with Crippen molar-refractivity contribution in [1.82, 2.24) is 10.3 Å². The average molecular weight is 269 g/mol. The molecule has 0 spiro atoms. The first-order valence-corrected chi connectivity index (χ1v) is 6.97. The van der Waals surface area contributed by atoms with Gasteiger partial charge in [-0.15, -0.1) is 0 Å². The predicted octanol–water partition coefficient (Wildman–Crippen LogP) is 2.77. The van der Waals surface area contributed by atoms with Crippen molar-refractivity contribution in [2.24, 2.45) is 5.92 Å². The van der Waals surface area contributed by atoms with Crippen LogP contribution in [0.15, 0.2) is 18.5 Å². The summed E-state index contributed by atoms with van der Waals surface area (Å²) in [5.74, 6) is 0.673. The van der Waals surface area contributed by atoms with Crippen molar-refractivity contribution in [3.63, 3.8) is 0 Å². The van der Waals surface area contributed by atoms with Crippen molar-refractivity contribution < 1.29 is 5.11 Å². The zero-order chi connectivity index (χ0) is 13.0. The third-order valence-corrected chi connectivity index (χ3v) is 4.24. The van der Waals surface area contributed by atoms with Crippen LogP contribution >= 0.6 is 11.6 Å². The van der Waals surface area contributed by atoms with E-state index >= 15 is 0 Å². The second-order valence-electron chi connectivity index (χ2n) is 5.46. The topological polar surface area (TPSA) is 45.1 Å². The fourth-order valence-electron chi connectivity index (χ4n) is 2.85. The molecule has 0 aromatic carbocycles.